The maximum Gasteiger partial charge on any atom is 0.245 e. The summed E-state index contributed by atoms with van der Waals surface area (Å²) in [6.07, 6.45) is 2.81. The maximum atomic E-state index is 13.1. The average molecular weight is 350 g/mol. The summed E-state index contributed by atoms with van der Waals surface area (Å²) in [6.45, 7) is 2.83. The van der Waals surface area contributed by atoms with Gasteiger partial charge in [0.1, 0.15) is 11.9 Å². The summed E-state index contributed by atoms with van der Waals surface area (Å²) in [6, 6.07) is 15.0. The molecule has 0 N–H and O–H groups in total. The number of carbonyl (C=O) groups is 2. The summed E-state index contributed by atoms with van der Waals surface area (Å²) in [5.74, 6) is 1.03. The molecule has 3 heterocycles. The number of rotatable bonds is 3. The molecule has 0 spiro atoms. The second-order valence-electron chi connectivity index (χ2n) is 6.65. The lowest BCUT2D eigenvalue weighted by Crippen LogP contribution is -2.54. The van der Waals surface area contributed by atoms with Gasteiger partial charge in [0.05, 0.1) is 0 Å². The first-order valence-electron chi connectivity index (χ1n) is 9.06. The van der Waals surface area contributed by atoms with E-state index >= 15 is 0 Å². The van der Waals surface area contributed by atoms with Gasteiger partial charge in [-0.15, -0.1) is 0 Å². The predicted octanol–water partition coefficient (Wildman–Crippen LogP) is 1.93. The van der Waals surface area contributed by atoms with E-state index < -0.39 is 0 Å². The van der Waals surface area contributed by atoms with Gasteiger partial charge in [0.25, 0.3) is 0 Å². The first-order valence-corrected chi connectivity index (χ1v) is 9.06. The van der Waals surface area contributed by atoms with E-state index in [9.17, 15) is 9.59 Å². The standard InChI is InChI=1S/C20H22N4O2/c25-19-10-9-17(24(19)16-6-2-1-3-7-16)20(26)23-14-12-22(13-15-23)18-8-4-5-11-21-18/h1-8,11,17H,9-10,12-15H2. The molecule has 0 aliphatic carbocycles. The third-order valence-corrected chi connectivity index (χ3v) is 5.10. The Morgan fingerprint density at radius 2 is 1.69 bits per heavy atom. The van der Waals surface area contributed by atoms with E-state index in [2.05, 4.69) is 9.88 Å². The fourth-order valence-electron chi connectivity index (χ4n) is 3.74. The zero-order chi connectivity index (χ0) is 17.9. The van der Waals surface area contributed by atoms with Crippen LogP contribution in [0.3, 0.4) is 0 Å². The number of para-hydroxylation sites is 1. The second kappa shape index (κ2) is 7.15. The van der Waals surface area contributed by atoms with Gasteiger partial charge in [-0.2, -0.15) is 0 Å². The van der Waals surface area contributed by atoms with Gasteiger partial charge in [-0.25, -0.2) is 4.98 Å². The number of carbonyl (C=O) groups excluding carboxylic acids is 2. The van der Waals surface area contributed by atoms with Crippen molar-refractivity contribution in [3.63, 3.8) is 0 Å². The molecule has 2 amide bonds. The highest BCUT2D eigenvalue weighted by atomic mass is 16.2. The van der Waals surface area contributed by atoms with Gasteiger partial charge in [-0.1, -0.05) is 24.3 Å². The molecule has 6 heteroatoms. The van der Waals surface area contributed by atoms with Gasteiger partial charge in [0, 0.05) is 44.5 Å². The molecule has 1 atom stereocenters. The van der Waals surface area contributed by atoms with Crippen LogP contribution in [0.5, 0.6) is 0 Å². The van der Waals surface area contributed by atoms with Crippen LogP contribution in [0, 0.1) is 0 Å². The third-order valence-electron chi connectivity index (χ3n) is 5.10. The van der Waals surface area contributed by atoms with Crippen LogP contribution >= 0.6 is 0 Å². The Balaban J connectivity index is 1.44. The van der Waals surface area contributed by atoms with Crippen molar-refractivity contribution in [1.29, 1.82) is 0 Å². The molecule has 2 aliphatic heterocycles. The summed E-state index contributed by atoms with van der Waals surface area (Å²) in [4.78, 5) is 35.6. The summed E-state index contributed by atoms with van der Waals surface area (Å²) in [7, 11) is 0. The van der Waals surface area contributed by atoms with Crippen LogP contribution in [0.2, 0.25) is 0 Å². The van der Waals surface area contributed by atoms with Crippen LogP contribution in [0.25, 0.3) is 0 Å². The molecule has 134 valence electrons. The number of anilines is 2. The van der Waals surface area contributed by atoms with E-state index in [1.807, 2.05) is 53.4 Å². The Hall–Kier alpha value is -2.89. The molecule has 1 aromatic heterocycles. The molecule has 2 saturated heterocycles. The fraction of sp³-hybridized carbons (Fsp3) is 0.350. The lowest BCUT2D eigenvalue weighted by atomic mass is 10.1. The van der Waals surface area contributed by atoms with Crippen molar-refractivity contribution in [2.45, 2.75) is 18.9 Å². The topological polar surface area (TPSA) is 56.8 Å². The normalized spacial score (nSPS) is 20.5. The molecule has 0 bridgehead atoms. The van der Waals surface area contributed by atoms with Crippen LogP contribution in [0.15, 0.2) is 54.7 Å². The van der Waals surface area contributed by atoms with Gasteiger partial charge in [-0.05, 0) is 30.7 Å². The van der Waals surface area contributed by atoms with Crippen molar-refractivity contribution in [1.82, 2.24) is 9.88 Å². The molecule has 26 heavy (non-hydrogen) atoms. The number of amides is 2. The lowest BCUT2D eigenvalue weighted by Gasteiger charge is -2.37. The Kier molecular flexibility index (Phi) is 4.56. The number of benzene rings is 1. The van der Waals surface area contributed by atoms with Crippen LogP contribution in [-0.2, 0) is 9.59 Å². The van der Waals surface area contributed by atoms with Crippen LogP contribution in [0.4, 0.5) is 11.5 Å². The Morgan fingerprint density at radius 3 is 2.38 bits per heavy atom. The van der Waals surface area contributed by atoms with Crippen molar-refractivity contribution < 1.29 is 9.59 Å². The number of pyridine rings is 1. The molecular weight excluding hydrogens is 328 g/mol. The van der Waals surface area contributed by atoms with E-state index in [4.69, 9.17) is 0 Å². The van der Waals surface area contributed by atoms with Crippen molar-refractivity contribution in [2.24, 2.45) is 0 Å². The zero-order valence-electron chi connectivity index (χ0n) is 14.6. The molecule has 0 radical (unpaired) electrons. The van der Waals surface area contributed by atoms with E-state index in [0.717, 1.165) is 24.6 Å². The molecule has 2 aliphatic rings. The van der Waals surface area contributed by atoms with Gasteiger partial charge >= 0.3 is 0 Å². The second-order valence-corrected chi connectivity index (χ2v) is 6.65. The molecule has 1 aromatic carbocycles. The summed E-state index contributed by atoms with van der Waals surface area (Å²) < 4.78 is 0. The lowest BCUT2D eigenvalue weighted by molar-refractivity contribution is -0.133. The number of nitrogens with zero attached hydrogens (tertiary/aromatic N) is 4. The monoisotopic (exact) mass is 350 g/mol. The molecule has 0 saturated carbocycles. The van der Waals surface area contributed by atoms with Crippen molar-refractivity contribution in [3.8, 4) is 0 Å². The molecule has 2 aromatic rings. The molecule has 2 fully saturated rings. The van der Waals surface area contributed by atoms with Gasteiger partial charge in [-0.3, -0.25) is 14.5 Å². The SMILES string of the molecule is O=C(C1CCC(=O)N1c1ccccc1)N1CCN(c2ccccn2)CC1. The largest absolute Gasteiger partial charge is 0.353 e. The summed E-state index contributed by atoms with van der Waals surface area (Å²) in [5.41, 5.74) is 0.806. The van der Waals surface area contributed by atoms with E-state index in [0.29, 0.717) is 25.9 Å². The average Bonchev–Trinajstić information content (AvgIpc) is 3.10. The molecule has 4 rings (SSSR count). The van der Waals surface area contributed by atoms with E-state index in [1.165, 1.54) is 0 Å². The minimum atomic E-state index is -0.383. The van der Waals surface area contributed by atoms with Crippen LogP contribution in [-0.4, -0.2) is 53.9 Å². The van der Waals surface area contributed by atoms with Gasteiger partial charge in [0.15, 0.2) is 0 Å². The Morgan fingerprint density at radius 1 is 0.962 bits per heavy atom. The maximum absolute atomic E-state index is 13.1. The molecule has 1 unspecified atom stereocenters. The van der Waals surface area contributed by atoms with Crippen molar-refractivity contribution in [3.05, 3.63) is 54.7 Å². The van der Waals surface area contributed by atoms with Crippen LogP contribution < -0.4 is 9.80 Å². The quantitative estimate of drug-likeness (QED) is 0.849. The predicted molar refractivity (Wildman–Crippen MR) is 100.0 cm³/mol. The van der Waals surface area contributed by atoms with E-state index in [-0.39, 0.29) is 17.9 Å². The smallest absolute Gasteiger partial charge is 0.245 e. The minimum absolute atomic E-state index is 0.0293. The Labute approximate surface area is 153 Å². The molecular formula is C20H22N4O2. The fourth-order valence-corrected chi connectivity index (χ4v) is 3.74. The van der Waals surface area contributed by atoms with Gasteiger partial charge < -0.3 is 9.80 Å². The summed E-state index contributed by atoms with van der Waals surface area (Å²) >= 11 is 0. The Bertz CT molecular complexity index is 773. The van der Waals surface area contributed by atoms with Crippen molar-refractivity contribution >= 4 is 23.3 Å². The summed E-state index contributed by atoms with van der Waals surface area (Å²) in [5, 5.41) is 0. The number of aromatic nitrogens is 1. The highest BCUT2D eigenvalue weighted by molar-refractivity contribution is 6.03. The first kappa shape index (κ1) is 16.6. The first-order chi connectivity index (χ1) is 12.7. The van der Waals surface area contributed by atoms with Gasteiger partial charge in [0.2, 0.25) is 11.8 Å². The number of piperazine rings is 1. The van der Waals surface area contributed by atoms with E-state index in [1.54, 1.807) is 11.1 Å². The number of hydrogen-bond acceptors (Lipinski definition) is 4. The highest BCUT2D eigenvalue weighted by Gasteiger charge is 2.39. The zero-order valence-corrected chi connectivity index (χ0v) is 14.6. The van der Waals surface area contributed by atoms with Crippen LogP contribution in [0.1, 0.15) is 12.8 Å². The minimum Gasteiger partial charge on any atom is -0.353 e. The molecule has 6 nitrogen and oxygen atoms in total. The van der Waals surface area contributed by atoms with Crippen molar-refractivity contribution in [2.75, 3.05) is 36.0 Å². The third kappa shape index (κ3) is 3.14. The number of hydrogen-bond donors (Lipinski definition) is 0. The highest BCUT2D eigenvalue weighted by Crippen LogP contribution is 2.28.